The number of benzene rings is 1. The fraction of sp³-hybridized carbons (Fsp3) is 0.368. The van der Waals surface area contributed by atoms with Crippen molar-refractivity contribution in [2.45, 2.75) is 13.2 Å². The third-order valence-electron chi connectivity index (χ3n) is 4.39. The zero-order chi connectivity index (χ0) is 19.1. The van der Waals surface area contributed by atoms with Gasteiger partial charge in [0.25, 0.3) is 0 Å². The summed E-state index contributed by atoms with van der Waals surface area (Å²) in [5.74, 6) is 1.89. The summed E-state index contributed by atoms with van der Waals surface area (Å²) in [5.41, 5.74) is 0.658. The Balaban J connectivity index is 0.00000280. The molecule has 0 aliphatic carbocycles. The van der Waals surface area contributed by atoms with Crippen LogP contribution in [0.4, 0.5) is 14.6 Å². The average Bonchev–Trinajstić information content (AvgIpc) is 2.70. The molecule has 0 saturated carbocycles. The van der Waals surface area contributed by atoms with Crippen molar-refractivity contribution in [3.05, 3.63) is 54.2 Å². The van der Waals surface area contributed by atoms with E-state index >= 15 is 0 Å². The molecule has 0 radical (unpaired) electrons. The molecule has 0 bridgehead atoms. The molecule has 9 heteroatoms. The van der Waals surface area contributed by atoms with Gasteiger partial charge in [-0.1, -0.05) is 24.3 Å². The first-order chi connectivity index (χ1) is 13.2. The van der Waals surface area contributed by atoms with E-state index in [0.29, 0.717) is 12.1 Å². The molecule has 0 atom stereocenters. The fourth-order valence-electron chi connectivity index (χ4n) is 3.06. The summed E-state index contributed by atoms with van der Waals surface area (Å²) < 4.78 is 29.7. The van der Waals surface area contributed by atoms with Crippen LogP contribution in [-0.2, 0) is 6.54 Å². The lowest BCUT2D eigenvalue weighted by Gasteiger charge is -2.37. The fourth-order valence-corrected chi connectivity index (χ4v) is 3.06. The number of aliphatic imine (C=N–C) groups is 1. The van der Waals surface area contributed by atoms with Gasteiger partial charge in [-0.15, -0.1) is 24.0 Å². The lowest BCUT2D eigenvalue weighted by Crippen LogP contribution is -2.52. The van der Waals surface area contributed by atoms with Crippen molar-refractivity contribution >= 4 is 35.8 Å². The first-order valence-corrected chi connectivity index (χ1v) is 8.81. The highest BCUT2D eigenvalue weighted by atomic mass is 127. The standard InChI is InChI=1S/C19H23F2N5O.HI/c1-22-19(24-14-15-6-2-3-7-16(15)27-18(20)21)26-12-10-25(11-13-26)17-8-4-5-9-23-17;/h2-9,18H,10-14H2,1H3,(H,22,24);1H. The minimum atomic E-state index is -2.84. The van der Waals surface area contributed by atoms with E-state index in [2.05, 4.69) is 29.8 Å². The highest BCUT2D eigenvalue weighted by Gasteiger charge is 2.20. The molecule has 1 aromatic heterocycles. The first kappa shape index (κ1) is 22.1. The van der Waals surface area contributed by atoms with Crippen molar-refractivity contribution in [1.29, 1.82) is 0 Å². The summed E-state index contributed by atoms with van der Waals surface area (Å²) >= 11 is 0. The van der Waals surface area contributed by atoms with Gasteiger partial charge in [0.2, 0.25) is 0 Å². The first-order valence-electron chi connectivity index (χ1n) is 8.81. The molecule has 1 aromatic carbocycles. The van der Waals surface area contributed by atoms with Crippen LogP contribution in [0.2, 0.25) is 0 Å². The number of alkyl halides is 2. The Kier molecular flexibility index (Phi) is 8.68. The number of para-hydroxylation sites is 1. The van der Waals surface area contributed by atoms with Crippen LogP contribution in [0.3, 0.4) is 0 Å². The third kappa shape index (κ3) is 5.91. The number of rotatable bonds is 5. The molecule has 1 saturated heterocycles. The van der Waals surface area contributed by atoms with Gasteiger partial charge in [0.1, 0.15) is 11.6 Å². The molecule has 2 heterocycles. The largest absolute Gasteiger partial charge is 0.434 e. The van der Waals surface area contributed by atoms with Gasteiger partial charge >= 0.3 is 6.61 Å². The maximum atomic E-state index is 12.5. The van der Waals surface area contributed by atoms with Gasteiger partial charge in [0, 0.05) is 51.5 Å². The highest BCUT2D eigenvalue weighted by Crippen LogP contribution is 2.20. The zero-order valence-corrected chi connectivity index (χ0v) is 17.9. The second kappa shape index (κ2) is 11.0. The predicted molar refractivity (Wildman–Crippen MR) is 117 cm³/mol. The van der Waals surface area contributed by atoms with Crippen molar-refractivity contribution in [3.8, 4) is 5.75 Å². The van der Waals surface area contributed by atoms with Crippen LogP contribution in [0.5, 0.6) is 5.75 Å². The Hall–Kier alpha value is -2.17. The van der Waals surface area contributed by atoms with E-state index in [4.69, 9.17) is 0 Å². The van der Waals surface area contributed by atoms with Crippen LogP contribution in [-0.4, -0.2) is 55.7 Å². The topological polar surface area (TPSA) is 53.0 Å². The summed E-state index contributed by atoms with van der Waals surface area (Å²) in [6.07, 6.45) is 1.79. The average molecular weight is 503 g/mol. The lowest BCUT2D eigenvalue weighted by atomic mass is 10.2. The molecular formula is C19H24F2IN5O. The molecule has 0 unspecified atom stereocenters. The van der Waals surface area contributed by atoms with Crippen LogP contribution in [0, 0.1) is 0 Å². The van der Waals surface area contributed by atoms with Crippen molar-refractivity contribution < 1.29 is 13.5 Å². The Morgan fingerprint density at radius 3 is 2.50 bits per heavy atom. The molecule has 1 aliphatic rings. The van der Waals surface area contributed by atoms with Crippen molar-refractivity contribution in [3.63, 3.8) is 0 Å². The number of pyridine rings is 1. The van der Waals surface area contributed by atoms with E-state index in [9.17, 15) is 8.78 Å². The van der Waals surface area contributed by atoms with Crippen molar-refractivity contribution in [2.75, 3.05) is 38.1 Å². The van der Waals surface area contributed by atoms with E-state index in [1.54, 1.807) is 31.4 Å². The number of nitrogens with zero attached hydrogens (tertiary/aromatic N) is 4. The minimum Gasteiger partial charge on any atom is -0.434 e. The molecule has 1 fully saturated rings. The lowest BCUT2D eigenvalue weighted by molar-refractivity contribution is -0.0504. The number of hydrogen-bond acceptors (Lipinski definition) is 4. The van der Waals surface area contributed by atoms with Gasteiger partial charge in [-0.3, -0.25) is 4.99 Å². The molecule has 0 amide bonds. The van der Waals surface area contributed by atoms with Crippen molar-refractivity contribution in [1.82, 2.24) is 15.2 Å². The molecule has 0 spiro atoms. The van der Waals surface area contributed by atoms with E-state index < -0.39 is 6.61 Å². The van der Waals surface area contributed by atoms with Crippen LogP contribution < -0.4 is 15.0 Å². The Labute approximate surface area is 180 Å². The molecular weight excluding hydrogens is 479 g/mol. The summed E-state index contributed by atoms with van der Waals surface area (Å²) in [5, 5.41) is 3.24. The maximum absolute atomic E-state index is 12.5. The Morgan fingerprint density at radius 2 is 1.86 bits per heavy atom. The van der Waals surface area contributed by atoms with Gasteiger partial charge in [-0.2, -0.15) is 8.78 Å². The number of nitrogens with one attached hydrogen (secondary N) is 1. The monoisotopic (exact) mass is 503 g/mol. The molecule has 6 nitrogen and oxygen atoms in total. The molecule has 152 valence electrons. The summed E-state index contributed by atoms with van der Waals surface area (Å²) in [6, 6.07) is 12.7. The second-order valence-electron chi connectivity index (χ2n) is 6.05. The molecule has 1 aliphatic heterocycles. The van der Waals surface area contributed by atoms with E-state index in [-0.39, 0.29) is 29.7 Å². The molecule has 1 N–H and O–H groups in total. The number of anilines is 1. The van der Waals surface area contributed by atoms with Crippen molar-refractivity contribution in [2.24, 2.45) is 4.99 Å². The molecule has 3 rings (SSSR count). The van der Waals surface area contributed by atoms with Gasteiger partial charge in [-0.25, -0.2) is 4.98 Å². The quantitative estimate of drug-likeness (QED) is 0.386. The van der Waals surface area contributed by atoms with Gasteiger partial charge in [0.15, 0.2) is 5.96 Å². The summed E-state index contributed by atoms with van der Waals surface area (Å²) in [6.45, 7) is 0.781. The smallest absolute Gasteiger partial charge is 0.387 e. The third-order valence-corrected chi connectivity index (χ3v) is 4.39. The number of halogens is 3. The van der Waals surface area contributed by atoms with E-state index in [1.165, 1.54) is 6.07 Å². The van der Waals surface area contributed by atoms with E-state index in [1.807, 2.05) is 18.2 Å². The Bertz CT molecular complexity index is 755. The van der Waals surface area contributed by atoms with Crippen LogP contribution in [0.1, 0.15) is 5.56 Å². The van der Waals surface area contributed by atoms with Gasteiger partial charge in [-0.05, 0) is 18.2 Å². The molecule has 28 heavy (non-hydrogen) atoms. The maximum Gasteiger partial charge on any atom is 0.387 e. The normalized spacial score (nSPS) is 14.6. The SMILES string of the molecule is CN=C(NCc1ccccc1OC(F)F)N1CCN(c2ccccn2)CC1.I. The minimum absolute atomic E-state index is 0. The van der Waals surface area contributed by atoms with Gasteiger partial charge in [0.05, 0.1) is 0 Å². The van der Waals surface area contributed by atoms with Crippen LogP contribution in [0.25, 0.3) is 0 Å². The number of hydrogen-bond donors (Lipinski definition) is 1. The summed E-state index contributed by atoms with van der Waals surface area (Å²) in [4.78, 5) is 13.1. The summed E-state index contributed by atoms with van der Waals surface area (Å²) in [7, 11) is 1.72. The number of aromatic nitrogens is 1. The Morgan fingerprint density at radius 1 is 1.14 bits per heavy atom. The van der Waals surface area contributed by atoms with E-state index in [0.717, 1.165) is 38.0 Å². The number of ether oxygens (including phenoxy) is 1. The van der Waals surface area contributed by atoms with Gasteiger partial charge < -0.3 is 19.9 Å². The second-order valence-corrected chi connectivity index (χ2v) is 6.05. The molecule has 2 aromatic rings. The number of guanidine groups is 1. The van der Waals surface area contributed by atoms with Crippen LogP contribution >= 0.6 is 24.0 Å². The zero-order valence-electron chi connectivity index (χ0n) is 15.6. The predicted octanol–water partition coefficient (Wildman–Crippen LogP) is 3.20. The van der Waals surface area contributed by atoms with Crippen LogP contribution in [0.15, 0.2) is 53.7 Å². The number of piperazine rings is 1. The highest BCUT2D eigenvalue weighted by molar-refractivity contribution is 14.0.